The summed E-state index contributed by atoms with van der Waals surface area (Å²) < 4.78 is 58.6. The largest absolute Gasteiger partial charge is 0.444 e. The number of nitrogens with zero attached hydrogens (tertiary/aromatic N) is 4. The van der Waals surface area contributed by atoms with Gasteiger partial charge in [0.05, 0.1) is 35.7 Å². The van der Waals surface area contributed by atoms with Crippen LogP contribution in [0.3, 0.4) is 0 Å². The van der Waals surface area contributed by atoms with E-state index < -0.39 is 60.4 Å². The normalized spacial score (nSPS) is 17.1. The van der Waals surface area contributed by atoms with Crippen molar-refractivity contribution in [2.24, 2.45) is 88.6 Å². The van der Waals surface area contributed by atoms with Crippen LogP contribution in [0.1, 0.15) is 339 Å². The van der Waals surface area contributed by atoms with Gasteiger partial charge in [-0.2, -0.15) is 0 Å². The van der Waals surface area contributed by atoms with E-state index in [-0.39, 0.29) is 219 Å². The number of carbonyl (C=O) groups excluding carboxylic acids is 16. The van der Waals surface area contributed by atoms with Crippen molar-refractivity contribution in [2.45, 2.75) is 385 Å². The molecule has 5 unspecified atom stereocenters. The highest BCUT2D eigenvalue weighted by Gasteiger charge is 2.43. The molecule has 0 aromatic rings. The number of hydrogen-bond donors (Lipinski definition) is 5. The zero-order valence-electron chi connectivity index (χ0n) is 91.6. The molecule has 0 bridgehead atoms. The molecule has 6 N–H and O–H groups in total. The molecule has 0 aromatic heterocycles. The van der Waals surface area contributed by atoms with Crippen molar-refractivity contribution >= 4 is 125 Å². The number of alkyl halides is 1. The Hall–Kier alpha value is -6.49. The van der Waals surface area contributed by atoms with Crippen LogP contribution in [0.5, 0.6) is 0 Å². The molecule has 4 saturated heterocycles. The fourth-order valence-corrected chi connectivity index (χ4v) is 17.9. The summed E-state index contributed by atoms with van der Waals surface area (Å²) in [6.45, 7) is 71.0. The molecule has 4 aliphatic rings. The number of halogens is 1. The van der Waals surface area contributed by atoms with Gasteiger partial charge in [0.2, 0.25) is 26.0 Å². The van der Waals surface area contributed by atoms with E-state index in [1.165, 1.54) is 82.9 Å². The lowest BCUT2D eigenvalue weighted by atomic mass is 9.82. The lowest BCUT2D eigenvalue weighted by Gasteiger charge is -2.40. The lowest BCUT2D eigenvalue weighted by Crippen LogP contribution is -2.57. The second-order valence-electron chi connectivity index (χ2n) is 43.8. The van der Waals surface area contributed by atoms with Gasteiger partial charge < -0.3 is 35.8 Å². The van der Waals surface area contributed by atoms with Crippen molar-refractivity contribution < 1.29 is 98.3 Å². The van der Waals surface area contributed by atoms with Crippen molar-refractivity contribution in [3.8, 4) is 0 Å². The summed E-state index contributed by atoms with van der Waals surface area (Å²) in [5.74, 6) is -3.83. The number of piperidine rings is 4. The van der Waals surface area contributed by atoms with E-state index in [0.29, 0.717) is 30.7 Å². The van der Waals surface area contributed by atoms with Gasteiger partial charge in [-0.15, -0.1) is 11.6 Å². The number of sulfonamides is 2. The molecule has 0 radical (unpaired) electrons. The molecule has 2 amide bonds. The van der Waals surface area contributed by atoms with E-state index in [1.807, 2.05) is 96.9 Å². The number of ketones is 14. The Morgan fingerprint density at radius 3 is 1.00 bits per heavy atom. The number of Topliss-reactive ketones (excluding diaryl/α,β-unsaturated/α-hetero) is 11. The summed E-state index contributed by atoms with van der Waals surface area (Å²) in [5, 5.41) is 5.51. The molecule has 33 heteroatoms. The third-order valence-electron chi connectivity index (χ3n) is 24.2. The number of nitrogens with two attached hydrogens (primary N) is 1. The number of ether oxygens (including phenoxy) is 1. The Balaban J connectivity index is -0.00000158. The fourth-order valence-electron chi connectivity index (χ4n) is 15.1. The van der Waals surface area contributed by atoms with E-state index in [0.717, 1.165) is 51.9 Å². The Kier molecular flexibility index (Phi) is 64.6. The molecule has 4 heterocycles. The number of carbonyl (C=O) groups is 16. The van der Waals surface area contributed by atoms with Crippen LogP contribution in [0.2, 0.25) is 0 Å². The number of rotatable bonds is 48. The minimum absolute atomic E-state index is 0.00370. The Morgan fingerprint density at radius 2 is 0.703 bits per heavy atom. The molecule has 138 heavy (non-hydrogen) atoms. The highest BCUT2D eigenvalue weighted by atomic mass is 35.5. The third-order valence-corrected chi connectivity index (χ3v) is 27.4. The second-order valence-corrected chi connectivity index (χ2v) is 47.9. The molecule has 0 saturated carbocycles. The summed E-state index contributed by atoms with van der Waals surface area (Å²) in [6.07, 6.45) is 15.7. The van der Waals surface area contributed by atoms with Crippen molar-refractivity contribution in [3.63, 3.8) is 0 Å². The molecule has 798 valence electrons. The zero-order valence-corrected chi connectivity index (χ0v) is 93.9. The first kappa shape index (κ1) is 136. The maximum Gasteiger partial charge on any atom is 0.408 e. The zero-order chi connectivity index (χ0) is 108. The van der Waals surface area contributed by atoms with Crippen LogP contribution in [0, 0.1) is 82.9 Å². The number of allylic oxidation sites excluding steroid dienone is 4. The van der Waals surface area contributed by atoms with E-state index in [9.17, 15) is 93.5 Å². The van der Waals surface area contributed by atoms with Crippen molar-refractivity contribution in [1.82, 2.24) is 39.7 Å². The summed E-state index contributed by atoms with van der Waals surface area (Å²) in [7, 11) is -7.27. The Morgan fingerprint density at radius 1 is 0.384 bits per heavy atom. The van der Waals surface area contributed by atoms with Gasteiger partial charge in [-0.1, -0.05) is 207 Å². The number of alkyl carbamates (subject to hydrolysis) is 1. The predicted molar refractivity (Wildman–Crippen MR) is 553 cm³/mol. The molecule has 0 spiro atoms. The van der Waals surface area contributed by atoms with Crippen LogP contribution in [-0.4, -0.2) is 259 Å². The van der Waals surface area contributed by atoms with Crippen LogP contribution < -0.4 is 25.8 Å². The standard InChI is InChI=1S/C23H41N3O3.C22H41N3O4S.C16H29NO4.C12H22ClNO4S.C11H21NO2.C11H18O2.C10H16O2/c1-17(2)20(27)15-23(5,22(29)18(3)4)24-21(28)16-25-13-9-19(10-14-25)26-11-7-6-8-12-26;1-17(2)21(26)16-20(22(27)18(3)4)23-30(28,29)15-14-24-12-8-19(9-13-24)25-10-6-5-7-11-25;1-10(2)12(18)9-16(8,13(19)11(3)4)17-14(20)21-15(5,6)7;1-8(2)11(15)7-10(12(16)9(3)4)14-19(17,18)6-5-13;1-7(2)9(13)6-11(5,12)10(14)8(3)4;1-7(2)10(12)6-9(5)11(13)8(3)4;1-7(2)9(11)5-6-10(12)8(3)4/h17-19H,6-16H2,1-5H3,(H,24,28);17-20,23H,5-16H2,1-4H3;10-11H,9H2,1-8H3,(H,17,20);8-10,14H,5-7H2,1-4H3;7-8H,6,12H2,1-5H3;6-8H,1-5H3;5-8H,1-4H3/b;;;;;9-6+;6-5+. The van der Waals surface area contributed by atoms with Crippen molar-refractivity contribution in [1.29, 1.82) is 0 Å². The average molecular weight is 2010 g/mol. The van der Waals surface area contributed by atoms with E-state index >= 15 is 0 Å². The highest BCUT2D eigenvalue weighted by molar-refractivity contribution is 7.89. The third kappa shape index (κ3) is 56.5. The molecule has 4 rings (SSSR count). The van der Waals surface area contributed by atoms with E-state index in [1.54, 1.807) is 145 Å². The fraction of sp³-hybridized carbons (Fsp3) is 0.810. The molecule has 5 atom stereocenters. The summed E-state index contributed by atoms with van der Waals surface area (Å²) in [4.78, 5) is 200. The van der Waals surface area contributed by atoms with Crippen LogP contribution >= 0.6 is 11.6 Å². The van der Waals surface area contributed by atoms with E-state index in [4.69, 9.17) is 22.1 Å². The van der Waals surface area contributed by atoms with Crippen LogP contribution in [0.15, 0.2) is 23.8 Å². The summed E-state index contributed by atoms with van der Waals surface area (Å²) >= 11 is 5.40. The maximum atomic E-state index is 12.8. The van der Waals surface area contributed by atoms with Crippen LogP contribution in [0.25, 0.3) is 0 Å². The van der Waals surface area contributed by atoms with Gasteiger partial charge in [0.15, 0.2) is 52.0 Å². The first-order valence-electron chi connectivity index (χ1n) is 50.5. The van der Waals surface area contributed by atoms with Crippen molar-refractivity contribution in [3.05, 3.63) is 23.8 Å². The molecular weight excluding hydrogens is 1820 g/mol. The van der Waals surface area contributed by atoms with Crippen LogP contribution in [0.4, 0.5) is 4.79 Å². The minimum Gasteiger partial charge on any atom is -0.444 e. The van der Waals surface area contributed by atoms with E-state index in [2.05, 4.69) is 39.7 Å². The number of nitrogens with one attached hydrogen (secondary N) is 4. The predicted octanol–water partition coefficient (Wildman–Crippen LogP) is 15.1. The van der Waals surface area contributed by atoms with Gasteiger partial charge in [0.25, 0.3) is 0 Å². The molecule has 0 aromatic carbocycles. The topological polar surface area (TPSA) is 438 Å². The van der Waals surface area contributed by atoms with Gasteiger partial charge in [0.1, 0.15) is 45.6 Å². The van der Waals surface area contributed by atoms with Crippen molar-refractivity contribution in [2.75, 3.05) is 82.8 Å². The Labute approximate surface area is 837 Å². The molecular formula is C105H188ClN9O21S2. The average Bonchev–Trinajstić information content (AvgIpc) is 0.819. The lowest BCUT2D eigenvalue weighted by molar-refractivity contribution is -0.137. The van der Waals surface area contributed by atoms with Crippen LogP contribution in [-0.2, 0) is 96.7 Å². The van der Waals surface area contributed by atoms with Gasteiger partial charge in [0, 0.05) is 153 Å². The number of likely N-dealkylation sites (tertiary alicyclic amines) is 4. The van der Waals surface area contributed by atoms with Gasteiger partial charge in [-0.3, -0.25) is 76.8 Å². The van der Waals surface area contributed by atoms with Gasteiger partial charge >= 0.3 is 6.09 Å². The maximum absolute atomic E-state index is 12.8. The number of amides is 2. The Bertz CT molecular complexity index is 4150. The number of hydrogen-bond acceptors (Lipinski definition) is 26. The minimum atomic E-state index is -3.64. The first-order valence-corrected chi connectivity index (χ1v) is 54.4. The smallest absolute Gasteiger partial charge is 0.408 e. The monoisotopic (exact) mass is 2010 g/mol. The van der Waals surface area contributed by atoms with Gasteiger partial charge in [-0.05, 0) is 163 Å². The second kappa shape index (κ2) is 65.7. The molecule has 0 aliphatic carbocycles. The molecule has 4 aliphatic heterocycles. The molecule has 4 fully saturated rings. The highest BCUT2D eigenvalue weighted by Crippen LogP contribution is 2.27. The SMILES string of the molecule is C/C(=C\C(=O)C(C)C)C(=O)C(C)C.CC(C)C(=O)/C=C/C(=O)C(C)C.CC(C)C(=O)CC(C)(N)C(=O)C(C)C.CC(C)C(=O)CC(C)(NC(=O)CN1CCC(N2CCCCC2)CC1)C(=O)C(C)C.CC(C)C(=O)CC(C)(NC(=O)OC(C)(C)C)C(=O)C(C)C.CC(C)C(=O)CC(NS(=O)(=O)CCCl)C(=O)C(C)C.CC(C)C(=O)CC(NS(=O)(=O)CCN1CCC(N2CCCCC2)CC1)C(=O)C(C)C. The summed E-state index contributed by atoms with van der Waals surface area (Å²) in [5.41, 5.74) is 2.37. The first-order chi connectivity index (χ1) is 63.1. The quantitative estimate of drug-likeness (QED) is 0.0279. The summed E-state index contributed by atoms with van der Waals surface area (Å²) in [6, 6.07) is -0.685. The molecule has 30 nitrogen and oxygen atoms in total. The van der Waals surface area contributed by atoms with Gasteiger partial charge in [-0.25, -0.2) is 31.1 Å².